The number of aryl methyl sites for hydroxylation is 1. The Hall–Kier alpha value is -1.58. The molecule has 0 spiro atoms. The van der Waals surface area contributed by atoms with Gasteiger partial charge in [0.15, 0.2) is 0 Å². The van der Waals surface area contributed by atoms with Gasteiger partial charge in [-0.2, -0.15) is 0 Å². The first kappa shape index (κ1) is 8.04. The van der Waals surface area contributed by atoms with E-state index in [0.717, 1.165) is 30.6 Å². The number of nitro benzene ring substituents is 1. The fraction of sp³-hybridized carbons (Fsp3) is 0.333. The number of anilines is 1. The predicted molar refractivity (Wildman–Crippen MR) is 49.9 cm³/mol. The first-order valence-corrected chi connectivity index (χ1v) is 4.28. The van der Waals surface area contributed by atoms with Crippen LogP contribution >= 0.6 is 0 Å². The number of benzene rings is 1. The Morgan fingerprint density at radius 2 is 2.31 bits per heavy atom. The van der Waals surface area contributed by atoms with Crippen molar-refractivity contribution < 1.29 is 4.92 Å². The zero-order valence-corrected chi connectivity index (χ0v) is 7.12. The number of rotatable bonds is 1. The van der Waals surface area contributed by atoms with E-state index < -0.39 is 0 Å². The monoisotopic (exact) mass is 178 g/mol. The number of nitrogens with zero attached hydrogens (tertiary/aromatic N) is 1. The Morgan fingerprint density at radius 1 is 1.46 bits per heavy atom. The molecule has 68 valence electrons. The van der Waals surface area contributed by atoms with E-state index in [1.807, 2.05) is 0 Å². The van der Waals surface area contributed by atoms with Crippen molar-refractivity contribution in [3.05, 3.63) is 33.9 Å². The summed E-state index contributed by atoms with van der Waals surface area (Å²) in [7, 11) is 0. The standard InChI is InChI=1S/C9H10N2O2/c12-11(13)8-3-4-9-7(6-8)2-1-5-10-9/h3-4,6,10H,1-2,5H2. The summed E-state index contributed by atoms with van der Waals surface area (Å²) in [4.78, 5) is 10.1. The summed E-state index contributed by atoms with van der Waals surface area (Å²) < 4.78 is 0. The minimum absolute atomic E-state index is 0.183. The molecule has 0 radical (unpaired) electrons. The van der Waals surface area contributed by atoms with Crippen LogP contribution < -0.4 is 5.32 Å². The third-order valence-electron chi connectivity index (χ3n) is 2.24. The first-order chi connectivity index (χ1) is 6.27. The summed E-state index contributed by atoms with van der Waals surface area (Å²) in [6.07, 6.45) is 1.98. The molecule has 0 amide bonds. The molecule has 0 saturated carbocycles. The normalized spacial score (nSPS) is 14.5. The maximum atomic E-state index is 10.5. The maximum Gasteiger partial charge on any atom is 0.269 e. The molecular formula is C9H10N2O2. The second-order valence-corrected chi connectivity index (χ2v) is 3.13. The number of non-ortho nitro benzene ring substituents is 1. The molecule has 1 aromatic rings. The van der Waals surface area contributed by atoms with Crippen LogP contribution in [0.5, 0.6) is 0 Å². The summed E-state index contributed by atoms with van der Waals surface area (Å²) in [6, 6.07) is 4.98. The van der Waals surface area contributed by atoms with Gasteiger partial charge in [-0.15, -0.1) is 0 Å². The molecule has 0 aromatic heterocycles. The molecule has 4 nitrogen and oxygen atoms in total. The lowest BCUT2D eigenvalue weighted by Crippen LogP contribution is -2.11. The van der Waals surface area contributed by atoms with Gasteiger partial charge in [-0.1, -0.05) is 0 Å². The van der Waals surface area contributed by atoms with Crippen LogP contribution in [0.1, 0.15) is 12.0 Å². The maximum absolute atomic E-state index is 10.5. The van der Waals surface area contributed by atoms with Gasteiger partial charge in [-0.3, -0.25) is 10.1 Å². The number of nitrogens with one attached hydrogen (secondary N) is 1. The van der Waals surface area contributed by atoms with Gasteiger partial charge >= 0.3 is 0 Å². The third kappa shape index (κ3) is 1.47. The van der Waals surface area contributed by atoms with Gasteiger partial charge in [0.2, 0.25) is 0 Å². The van der Waals surface area contributed by atoms with Crippen molar-refractivity contribution in [1.82, 2.24) is 0 Å². The molecule has 1 aliphatic heterocycles. The highest BCUT2D eigenvalue weighted by Crippen LogP contribution is 2.25. The largest absolute Gasteiger partial charge is 0.385 e. The fourth-order valence-electron chi connectivity index (χ4n) is 1.57. The fourth-order valence-corrected chi connectivity index (χ4v) is 1.57. The molecule has 4 heteroatoms. The SMILES string of the molecule is O=[N+]([O-])c1ccc2c(c1)CCCN2. The van der Waals surface area contributed by atoms with E-state index in [1.54, 1.807) is 12.1 Å². The lowest BCUT2D eigenvalue weighted by Gasteiger charge is -2.16. The molecule has 1 aliphatic rings. The highest BCUT2D eigenvalue weighted by Gasteiger charge is 2.12. The molecule has 1 aromatic carbocycles. The molecular weight excluding hydrogens is 168 g/mol. The van der Waals surface area contributed by atoms with Gasteiger partial charge in [0.25, 0.3) is 5.69 Å². The van der Waals surface area contributed by atoms with E-state index >= 15 is 0 Å². The van der Waals surface area contributed by atoms with Crippen molar-refractivity contribution in [3.8, 4) is 0 Å². The van der Waals surface area contributed by atoms with Crippen LogP contribution in [0.4, 0.5) is 11.4 Å². The van der Waals surface area contributed by atoms with Crippen LogP contribution in [0.25, 0.3) is 0 Å². The van der Waals surface area contributed by atoms with Crippen LogP contribution in [-0.4, -0.2) is 11.5 Å². The smallest absolute Gasteiger partial charge is 0.269 e. The molecule has 0 atom stereocenters. The van der Waals surface area contributed by atoms with E-state index in [0.29, 0.717) is 0 Å². The molecule has 1 heterocycles. The van der Waals surface area contributed by atoms with E-state index in [4.69, 9.17) is 0 Å². The van der Waals surface area contributed by atoms with Gasteiger partial charge in [0, 0.05) is 24.4 Å². The van der Waals surface area contributed by atoms with E-state index in [2.05, 4.69) is 5.32 Å². The molecule has 2 rings (SSSR count). The Balaban J connectivity index is 2.40. The summed E-state index contributed by atoms with van der Waals surface area (Å²) >= 11 is 0. The van der Waals surface area contributed by atoms with E-state index in [-0.39, 0.29) is 10.6 Å². The first-order valence-electron chi connectivity index (χ1n) is 4.28. The quantitative estimate of drug-likeness (QED) is 0.528. The molecule has 13 heavy (non-hydrogen) atoms. The molecule has 0 fully saturated rings. The molecule has 0 bridgehead atoms. The van der Waals surface area contributed by atoms with Gasteiger partial charge in [0.1, 0.15) is 0 Å². The topological polar surface area (TPSA) is 55.2 Å². The summed E-state index contributed by atoms with van der Waals surface area (Å²) in [5.41, 5.74) is 2.28. The molecule has 1 N–H and O–H groups in total. The van der Waals surface area contributed by atoms with Crippen LogP contribution in [0.15, 0.2) is 18.2 Å². The van der Waals surface area contributed by atoms with Crippen LogP contribution in [0, 0.1) is 10.1 Å². The average molecular weight is 178 g/mol. The Labute approximate surface area is 75.7 Å². The molecule has 0 aliphatic carbocycles. The Morgan fingerprint density at radius 3 is 3.08 bits per heavy atom. The Bertz CT molecular complexity index is 349. The zero-order chi connectivity index (χ0) is 9.26. The van der Waals surface area contributed by atoms with E-state index in [9.17, 15) is 10.1 Å². The van der Waals surface area contributed by atoms with Crippen LogP contribution in [0.3, 0.4) is 0 Å². The van der Waals surface area contributed by atoms with Gasteiger partial charge in [-0.05, 0) is 24.5 Å². The van der Waals surface area contributed by atoms with Crippen LogP contribution in [0.2, 0.25) is 0 Å². The van der Waals surface area contributed by atoms with Gasteiger partial charge in [0.05, 0.1) is 4.92 Å². The van der Waals surface area contributed by atoms with Crippen molar-refractivity contribution in [3.63, 3.8) is 0 Å². The second-order valence-electron chi connectivity index (χ2n) is 3.13. The van der Waals surface area contributed by atoms with Gasteiger partial charge < -0.3 is 5.32 Å². The number of hydrogen-bond donors (Lipinski definition) is 1. The minimum Gasteiger partial charge on any atom is -0.385 e. The zero-order valence-electron chi connectivity index (χ0n) is 7.12. The predicted octanol–water partition coefficient (Wildman–Crippen LogP) is 1.95. The van der Waals surface area contributed by atoms with Crippen molar-refractivity contribution in [1.29, 1.82) is 0 Å². The van der Waals surface area contributed by atoms with Crippen molar-refractivity contribution in [2.24, 2.45) is 0 Å². The molecule has 0 unspecified atom stereocenters. The van der Waals surface area contributed by atoms with Gasteiger partial charge in [-0.25, -0.2) is 0 Å². The number of hydrogen-bond acceptors (Lipinski definition) is 3. The van der Waals surface area contributed by atoms with Crippen molar-refractivity contribution in [2.75, 3.05) is 11.9 Å². The lowest BCUT2D eigenvalue weighted by molar-refractivity contribution is -0.384. The van der Waals surface area contributed by atoms with Crippen molar-refractivity contribution in [2.45, 2.75) is 12.8 Å². The summed E-state index contributed by atoms with van der Waals surface area (Å²) in [5.74, 6) is 0. The van der Waals surface area contributed by atoms with Crippen LogP contribution in [-0.2, 0) is 6.42 Å². The summed E-state index contributed by atoms with van der Waals surface area (Å²) in [6.45, 7) is 0.963. The number of fused-ring (bicyclic) bond motifs is 1. The second kappa shape index (κ2) is 3.05. The van der Waals surface area contributed by atoms with Crippen molar-refractivity contribution >= 4 is 11.4 Å². The summed E-state index contributed by atoms with van der Waals surface area (Å²) in [5, 5.41) is 13.7. The highest BCUT2D eigenvalue weighted by molar-refractivity contribution is 5.57. The number of nitro groups is 1. The average Bonchev–Trinajstić information content (AvgIpc) is 2.17. The lowest BCUT2D eigenvalue weighted by atomic mass is 10.0. The van der Waals surface area contributed by atoms with E-state index in [1.165, 1.54) is 6.07 Å². The Kier molecular flexibility index (Phi) is 1.88. The minimum atomic E-state index is -0.352. The molecule has 0 saturated heterocycles. The highest BCUT2D eigenvalue weighted by atomic mass is 16.6. The third-order valence-corrected chi connectivity index (χ3v) is 2.24.